The second-order valence-corrected chi connectivity index (χ2v) is 5.84. The van der Waals surface area contributed by atoms with Gasteiger partial charge in [-0.05, 0) is 18.2 Å². The molecule has 0 radical (unpaired) electrons. The van der Waals surface area contributed by atoms with E-state index >= 15 is 0 Å². The summed E-state index contributed by atoms with van der Waals surface area (Å²) in [7, 11) is 0. The number of benzene rings is 1. The Hall–Kier alpha value is -1.34. The van der Waals surface area contributed by atoms with Crippen LogP contribution in [0.4, 0.5) is 5.69 Å². The predicted molar refractivity (Wildman–Crippen MR) is 87.2 cm³/mol. The molecule has 120 valence electrons. The summed E-state index contributed by atoms with van der Waals surface area (Å²) in [4.78, 5) is 27.9. The molecule has 0 bridgehead atoms. The van der Waals surface area contributed by atoms with Gasteiger partial charge in [-0.3, -0.25) is 14.5 Å². The summed E-state index contributed by atoms with van der Waals surface area (Å²) in [6.07, 6.45) is 0. The second kappa shape index (κ2) is 7.78. The van der Waals surface area contributed by atoms with E-state index in [1.54, 1.807) is 12.1 Å². The number of piperazine rings is 1. The molecule has 0 spiro atoms. The Balaban J connectivity index is 1.93. The van der Waals surface area contributed by atoms with Gasteiger partial charge >= 0.3 is 11.8 Å². The Labute approximate surface area is 139 Å². The molecule has 22 heavy (non-hydrogen) atoms. The molecule has 3 N–H and O–H groups in total. The summed E-state index contributed by atoms with van der Waals surface area (Å²) in [5, 5.41) is 3.27. The quantitative estimate of drug-likeness (QED) is 0.803. The average molecular weight is 345 g/mol. The van der Waals surface area contributed by atoms with Crippen LogP contribution in [0, 0.1) is 0 Å². The standard InChI is InChI=1S/C14H18Cl2N4O2/c15-10-1-2-11(16)12(9-10)18-13(21)14(22)20-7-5-19(4-3-17)6-8-20/h1-2,9H,3-8,17H2,(H,18,21). The van der Waals surface area contributed by atoms with Crippen LogP contribution in [-0.4, -0.2) is 60.9 Å². The van der Waals surface area contributed by atoms with E-state index in [1.807, 2.05) is 0 Å². The van der Waals surface area contributed by atoms with Crippen LogP contribution in [0.3, 0.4) is 0 Å². The maximum Gasteiger partial charge on any atom is 0.313 e. The Bertz CT molecular complexity index is 560. The highest BCUT2D eigenvalue weighted by Gasteiger charge is 2.26. The maximum absolute atomic E-state index is 12.2. The van der Waals surface area contributed by atoms with Gasteiger partial charge in [0.15, 0.2) is 0 Å². The Morgan fingerprint density at radius 1 is 1.18 bits per heavy atom. The lowest BCUT2D eigenvalue weighted by atomic mass is 10.3. The molecule has 1 aliphatic rings. The number of carbonyl (C=O) groups excluding carboxylic acids is 2. The monoisotopic (exact) mass is 344 g/mol. The van der Waals surface area contributed by atoms with Gasteiger partial charge in [0.25, 0.3) is 0 Å². The fourth-order valence-electron chi connectivity index (χ4n) is 2.27. The normalized spacial score (nSPS) is 15.7. The van der Waals surface area contributed by atoms with Crippen LogP contribution in [0.15, 0.2) is 18.2 Å². The van der Waals surface area contributed by atoms with Crippen molar-refractivity contribution in [1.29, 1.82) is 0 Å². The van der Waals surface area contributed by atoms with Crippen molar-refractivity contribution in [3.05, 3.63) is 28.2 Å². The first-order chi connectivity index (χ1) is 10.5. The number of anilines is 1. The molecule has 1 aromatic rings. The van der Waals surface area contributed by atoms with E-state index in [0.29, 0.717) is 48.5 Å². The van der Waals surface area contributed by atoms with E-state index in [0.717, 1.165) is 6.54 Å². The molecule has 0 atom stereocenters. The highest BCUT2D eigenvalue weighted by atomic mass is 35.5. The molecule has 8 heteroatoms. The van der Waals surface area contributed by atoms with Gasteiger partial charge in [0.2, 0.25) is 0 Å². The lowest BCUT2D eigenvalue weighted by molar-refractivity contribution is -0.144. The molecule has 2 rings (SSSR count). The van der Waals surface area contributed by atoms with Crippen LogP contribution in [0.25, 0.3) is 0 Å². The van der Waals surface area contributed by atoms with Gasteiger partial charge in [0.1, 0.15) is 0 Å². The highest BCUT2D eigenvalue weighted by molar-refractivity contribution is 6.42. The van der Waals surface area contributed by atoms with Crippen molar-refractivity contribution >= 4 is 40.7 Å². The topological polar surface area (TPSA) is 78.7 Å². The first-order valence-electron chi connectivity index (χ1n) is 6.99. The van der Waals surface area contributed by atoms with Gasteiger partial charge in [0, 0.05) is 44.3 Å². The molecular formula is C14H18Cl2N4O2. The van der Waals surface area contributed by atoms with Crippen molar-refractivity contribution in [1.82, 2.24) is 9.80 Å². The number of amides is 2. The molecule has 1 heterocycles. The van der Waals surface area contributed by atoms with Gasteiger partial charge in [0.05, 0.1) is 10.7 Å². The molecule has 0 saturated carbocycles. The summed E-state index contributed by atoms with van der Waals surface area (Å²) >= 11 is 11.8. The van der Waals surface area contributed by atoms with Crippen LogP contribution >= 0.6 is 23.2 Å². The fraction of sp³-hybridized carbons (Fsp3) is 0.429. The number of hydrogen-bond acceptors (Lipinski definition) is 4. The van der Waals surface area contributed by atoms with Crippen molar-refractivity contribution < 1.29 is 9.59 Å². The number of nitrogens with zero attached hydrogens (tertiary/aromatic N) is 2. The van der Waals surface area contributed by atoms with Crippen molar-refractivity contribution in [3.63, 3.8) is 0 Å². The third kappa shape index (κ3) is 4.33. The molecule has 1 saturated heterocycles. The lowest BCUT2D eigenvalue weighted by Gasteiger charge is -2.34. The van der Waals surface area contributed by atoms with Crippen molar-refractivity contribution in [2.24, 2.45) is 5.73 Å². The number of nitrogens with one attached hydrogen (secondary N) is 1. The number of carbonyl (C=O) groups is 2. The minimum Gasteiger partial charge on any atom is -0.332 e. The average Bonchev–Trinajstić information content (AvgIpc) is 2.51. The number of nitrogens with two attached hydrogens (primary N) is 1. The van der Waals surface area contributed by atoms with Crippen LogP contribution in [-0.2, 0) is 9.59 Å². The summed E-state index contributed by atoms with van der Waals surface area (Å²) in [5.41, 5.74) is 5.83. The Morgan fingerprint density at radius 2 is 1.86 bits per heavy atom. The molecule has 1 aliphatic heterocycles. The molecular weight excluding hydrogens is 327 g/mol. The second-order valence-electron chi connectivity index (χ2n) is 5.00. The van der Waals surface area contributed by atoms with Crippen molar-refractivity contribution in [3.8, 4) is 0 Å². The summed E-state index contributed by atoms with van der Waals surface area (Å²) < 4.78 is 0. The fourth-order valence-corrected chi connectivity index (χ4v) is 2.61. The van der Waals surface area contributed by atoms with E-state index in [-0.39, 0.29) is 0 Å². The van der Waals surface area contributed by atoms with Gasteiger partial charge in [-0.25, -0.2) is 0 Å². The number of hydrogen-bond donors (Lipinski definition) is 2. The third-order valence-corrected chi connectivity index (χ3v) is 4.04. The largest absolute Gasteiger partial charge is 0.332 e. The van der Waals surface area contributed by atoms with Crippen LogP contribution < -0.4 is 11.1 Å². The van der Waals surface area contributed by atoms with Gasteiger partial charge in [-0.2, -0.15) is 0 Å². The minimum atomic E-state index is -0.712. The molecule has 1 fully saturated rings. The zero-order chi connectivity index (χ0) is 16.1. The van der Waals surface area contributed by atoms with E-state index in [1.165, 1.54) is 11.0 Å². The zero-order valence-electron chi connectivity index (χ0n) is 12.0. The molecule has 2 amide bonds. The third-order valence-electron chi connectivity index (χ3n) is 3.48. The molecule has 1 aromatic carbocycles. The van der Waals surface area contributed by atoms with Crippen molar-refractivity contribution in [2.75, 3.05) is 44.6 Å². The van der Waals surface area contributed by atoms with Gasteiger partial charge < -0.3 is 16.0 Å². The Kier molecular flexibility index (Phi) is 6.02. The van der Waals surface area contributed by atoms with E-state index in [4.69, 9.17) is 28.9 Å². The predicted octanol–water partition coefficient (Wildman–Crippen LogP) is 1.03. The first kappa shape index (κ1) is 17.0. The van der Waals surface area contributed by atoms with Crippen LogP contribution in [0.2, 0.25) is 10.0 Å². The van der Waals surface area contributed by atoms with Crippen LogP contribution in [0.1, 0.15) is 0 Å². The van der Waals surface area contributed by atoms with Crippen molar-refractivity contribution in [2.45, 2.75) is 0 Å². The van der Waals surface area contributed by atoms with E-state index in [9.17, 15) is 9.59 Å². The molecule has 0 aromatic heterocycles. The van der Waals surface area contributed by atoms with E-state index in [2.05, 4.69) is 10.2 Å². The number of halogens is 2. The Morgan fingerprint density at radius 3 is 2.50 bits per heavy atom. The smallest absolute Gasteiger partial charge is 0.313 e. The molecule has 0 unspecified atom stereocenters. The first-order valence-corrected chi connectivity index (χ1v) is 7.74. The lowest BCUT2D eigenvalue weighted by Crippen LogP contribution is -2.52. The SMILES string of the molecule is NCCN1CCN(C(=O)C(=O)Nc2cc(Cl)ccc2Cl)CC1. The minimum absolute atomic E-state index is 0.328. The summed E-state index contributed by atoms with van der Waals surface area (Å²) in [6.45, 7) is 3.83. The highest BCUT2D eigenvalue weighted by Crippen LogP contribution is 2.25. The maximum atomic E-state index is 12.2. The van der Waals surface area contributed by atoms with Gasteiger partial charge in [-0.15, -0.1) is 0 Å². The molecule has 6 nitrogen and oxygen atoms in total. The number of rotatable bonds is 3. The summed E-state index contributed by atoms with van der Waals surface area (Å²) in [6, 6.07) is 4.68. The van der Waals surface area contributed by atoms with E-state index < -0.39 is 11.8 Å². The molecule has 0 aliphatic carbocycles. The zero-order valence-corrected chi connectivity index (χ0v) is 13.5. The van der Waals surface area contributed by atoms with Gasteiger partial charge in [-0.1, -0.05) is 23.2 Å². The summed E-state index contributed by atoms with van der Waals surface area (Å²) in [5.74, 6) is -1.28. The van der Waals surface area contributed by atoms with Crippen LogP contribution in [0.5, 0.6) is 0 Å².